The minimum absolute atomic E-state index is 0.730. The molecule has 0 spiro atoms. The Kier molecular flexibility index (Phi) is 7.14. The third kappa shape index (κ3) is 4.59. The van der Waals surface area contributed by atoms with Crippen LogP contribution < -0.4 is 5.32 Å². The number of rotatable bonds is 7. The molecule has 3 atom stereocenters. The highest BCUT2D eigenvalue weighted by Gasteiger charge is 2.31. The van der Waals surface area contributed by atoms with Gasteiger partial charge in [0.25, 0.3) is 0 Å². The van der Waals surface area contributed by atoms with Crippen LogP contribution in [0.5, 0.6) is 0 Å². The van der Waals surface area contributed by atoms with Gasteiger partial charge in [-0.05, 0) is 51.7 Å². The molecule has 0 amide bonds. The summed E-state index contributed by atoms with van der Waals surface area (Å²) in [5, 5.41) is 3.76. The maximum absolute atomic E-state index is 3.76. The summed E-state index contributed by atoms with van der Waals surface area (Å²) in [4.78, 5) is 2.55. The normalized spacial score (nSPS) is 29.8. The van der Waals surface area contributed by atoms with Gasteiger partial charge in [0, 0.05) is 12.1 Å². The molecule has 0 saturated heterocycles. The van der Waals surface area contributed by atoms with Gasteiger partial charge >= 0.3 is 0 Å². The van der Waals surface area contributed by atoms with E-state index in [1.54, 1.807) is 0 Å². The van der Waals surface area contributed by atoms with Crippen LogP contribution in [0.2, 0.25) is 0 Å². The molecular formula is C15H32N2. The SMILES string of the molecule is CCCNC1CCC(CCC)CC1N(C)CC. The van der Waals surface area contributed by atoms with E-state index in [9.17, 15) is 0 Å². The fourth-order valence-electron chi connectivity index (χ4n) is 3.19. The summed E-state index contributed by atoms with van der Waals surface area (Å²) in [6.07, 6.45) is 8.23. The Hall–Kier alpha value is -0.0800. The minimum Gasteiger partial charge on any atom is -0.312 e. The smallest absolute Gasteiger partial charge is 0.0248 e. The summed E-state index contributed by atoms with van der Waals surface area (Å²) in [6, 6.07) is 1.49. The number of likely N-dealkylation sites (N-methyl/N-ethyl adjacent to an activating group) is 1. The van der Waals surface area contributed by atoms with Crippen molar-refractivity contribution >= 4 is 0 Å². The predicted octanol–water partition coefficient (Wildman–Crippen LogP) is 3.28. The van der Waals surface area contributed by atoms with Gasteiger partial charge in [-0.25, -0.2) is 0 Å². The molecule has 0 radical (unpaired) electrons. The Balaban J connectivity index is 2.52. The molecule has 1 rings (SSSR count). The van der Waals surface area contributed by atoms with Crippen LogP contribution in [0, 0.1) is 5.92 Å². The minimum atomic E-state index is 0.730. The number of nitrogens with one attached hydrogen (secondary N) is 1. The Morgan fingerprint density at radius 1 is 1.12 bits per heavy atom. The number of nitrogens with zero attached hydrogens (tertiary/aromatic N) is 1. The lowest BCUT2D eigenvalue weighted by atomic mass is 9.79. The van der Waals surface area contributed by atoms with Crippen LogP contribution in [0.3, 0.4) is 0 Å². The molecule has 102 valence electrons. The molecule has 0 aromatic rings. The van der Waals surface area contributed by atoms with E-state index < -0.39 is 0 Å². The average Bonchev–Trinajstić information content (AvgIpc) is 2.36. The second-order valence-corrected chi connectivity index (χ2v) is 5.67. The Labute approximate surface area is 108 Å². The standard InChI is InChI=1S/C15H32N2/c1-5-8-13-9-10-14(16-11-6-2)15(12-13)17(4)7-3/h13-16H,5-12H2,1-4H3. The highest BCUT2D eigenvalue weighted by atomic mass is 15.2. The first-order chi connectivity index (χ1) is 8.22. The number of hydrogen-bond donors (Lipinski definition) is 1. The molecule has 0 aromatic heterocycles. The van der Waals surface area contributed by atoms with E-state index in [1.165, 1.54) is 51.6 Å². The van der Waals surface area contributed by atoms with Gasteiger partial charge in [-0.1, -0.05) is 33.6 Å². The van der Waals surface area contributed by atoms with Crippen LogP contribution in [0.25, 0.3) is 0 Å². The van der Waals surface area contributed by atoms with E-state index in [2.05, 4.69) is 38.0 Å². The summed E-state index contributed by atoms with van der Waals surface area (Å²) in [5.41, 5.74) is 0. The van der Waals surface area contributed by atoms with Crippen LogP contribution in [0.15, 0.2) is 0 Å². The summed E-state index contributed by atoms with van der Waals surface area (Å²) < 4.78 is 0. The molecule has 3 unspecified atom stereocenters. The van der Waals surface area contributed by atoms with Crippen molar-refractivity contribution in [2.75, 3.05) is 20.1 Å². The molecular weight excluding hydrogens is 208 g/mol. The third-order valence-electron chi connectivity index (χ3n) is 4.34. The highest BCUT2D eigenvalue weighted by Crippen LogP contribution is 2.30. The molecule has 1 saturated carbocycles. The molecule has 1 N–H and O–H groups in total. The van der Waals surface area contributed by atoms with Crippen molar-refractivity contribution < 1.29 is 0 Å². The first-order valence-corrected chi connectivity index (χ1v) is 7.66. The fourth-order valence-corrected chi connectivity index (χ4v) is 3.19. The summed E-state index contributed by atoms with van der Waals surface area (Å²) in [7, 11) is 2.29. The quantitative estimate of drug-likeness (QED) is 0.735. The van der Waals surface area contributed by atoms with Crippen LogP contribution in [0.1, 0.15) is 59.3 Å². The first kappa shape index (κ1) is 15.0. The second kappa shape index (κ2) is 8.10. The van der Waals surface area contributed by atoms with Crippen molar-refractivity contribution in [3.8, 4) is 0 Å². The van der Waals surface area contributed by atoms with Gasteiger partial charge in [0.05, 0.1) is 0 Å². The van der Waals surface area contributed by atoms with Crippen LogP contribution in [-0.2, 0) is 0 Å². The topological polar surface area (TPSA) is 15.3 Å². The molecule has 2 heteroatoms. The van der Waals surface area contributed by atoms with E-state index in [1.807, 2.05) is 0 Å². The monoisotopic (exact) mass is 240 g/mol. The molecule has 2 nitrogen and oxygen atoms in total. The molecule has 1 aliphatic rings. The van der Waals surface area contributed by atoms with Gasteiger partial charge in [0.1, 0.15) is 0 Å². The lowest BCUT2D eigenvalue weighted by Crippen LogP contribution is -2.52. The lowest BCUT2D eigenvalue weighted by molar-refractivity contribution is 0.120. The maximum atomic E-state index is 3.76. The van der Waals surface area contributed by atoms with Gasteiger partial charge in [0.2, 0.25) is 0 Å². The van der Waals surface area contributed by atoms with Crippen LogP contribution in [-0.4, -0.2) is 37.1 Å². The van der Waals surface area contributed by atoms with Crippen molar-refractivity contribution in [3.63, 3.8) is 0 Å². The van der Waals surface area contributed by atoms with Gasteiger partial charge in [-0.2, -0.15) is 0 Å². The Bertz CT molecular complexity index is 193. The van der Waals surface area contributed by atoms with Gasteiger partial charge in [-0.15, -0.1) is 0 Å². The maximum Gasteiger partial charge on any atom is 0.0248 e. The zero-order valence-electron chi connectivity index (χ0n) is 12.3. The van der Waals surface area contributed by atoms with Gasteiger partial charge in [-0.3, -0.25) is 0 Å². The van der Waals surface area contributed by atoms with E-state index >= 15 is 0 Å². The lowest BCUT2D eigenvalue weighted by Gasteiger charge is -2.41. The third-order valence-corrected chi connectivity index (χ3v) is 4.34. The zero-order valence-corrected chi connectivity index (χ0v) is 12.3. The van der Waals surface area contributed by atoms with Crippen molar-refractivity contribution in [1.82, 2.24) is 10.2 Å². The fraction of sp³-hybridized carbons (Fsp3) is 1.00. The second-order valence-electron chi connectivity index (χ2n) is 5.67. The van der Waals surface area contributed by atoms with E-state index in [-0.39, 0.29) is 0 Å². The van der Waals surface area contributed by atoms with Crippen molar-refractivity contribution in [1.29, 1.82) is 0 Å². The predicted molar refractivity (Wildman–Crippen MR) is 76.4 cm³/mol. The van der Waals surface area contributed by atoms with E-state index in [0.29, 0.717) is 0 Å². The van der Waals surface area contributed by atoms with Crippen LogP contribution >= 0.6 is 0 Å². The largest absolute Gasteiger partial charge is 0.312 e. The van der Waals surface area contributed by atoms with Crippen molar-refractivity contribution in [2.24, 2.45) is 5.92 Å². The summed E-state index contributed by atoms with van der Waals surface area (Å²) in [5.74, 6) is 0.971. The zero-order chi connectivity index (χ0) is 12.7. The molecule has 1 aliphatic carbocycles. The van der Waals surface area contributed by atoms with E-state index in [4.69, 9.17) is 0 Å². The van der Waals surface area contributed by atoms with Crippen molar-refractivity contribution in [3.05, 3.63) is 0 Å². The molecule has 0 bridgehead atoms. The molecule has 0 heterocycles. The van der Waals surface area contributed by atoms with Crippen LogP contribution in [0.4, 0.5) is 0 Å². The van der Waals surface area contributed by atoms with Crippen molar-refractivity contribution in [2.45, 2.75) is 71.4 Å². The highest BCUT2D eigenvalue weighted by molar-refractivity contribution is 4.90. The molecule has 1 fully saturated rings. The van der Waals surface area contributed by atoms with E-state index in [0.717, 1.165) is 18.0 Å². The number of hydrogen-bond acceptors (Lipinski definition) is 2. The summed E-state index contributed by atoms with van der Waals surface area (Å²) >= 11 is 0. The van der Waals surface area contributed by atoms with Gasteiger partial charge < -0.3 is 10.2 Å². The molecule has 17 heavy (non-hydrogen) atoms. The summed E-state index contributed by atoms with van der Waals surface area (Å²) in [6.45, 7) is 9.21. The molecule has 0 aliphatic heterocycles. The van der Waals surface area contributed by atoms with Gasteiger partial charge in [0.15, 0.2) is 0 Å². The Morgan fingerprint density at radius 3 is 2.47 bits per heavy atom. The first-order valence-electron chi connectivity index (χ1n) is 7.66. The average molecular weight is 240 g/mol. The molecule has 0 aromatic carbocycles. The Morgan fingerprint density at radius 2 is 1.88 bits per heavy atom.